The maximum atomic E-state index is 12.1. The molecule has 1 aliphatic heterocycles. The standard InChI is InChI=1S/C19H23ClN4O2S/c1-13-4-2-3-9-24(13)12-16-10-22-19(27-16)23-17(25)11-21-18(26)14-5-7-15(20)8-6-14/h5-8,10,13H,2-4,9,11-12H2,1H3,(H,21,26)(H,22,23,25). The first-order chi connectivity index (χ1) is 13.0. The molecule has 1 aliphatic rings. The largest absolute Gasteiger partial charge is 0.343 e. The molecule has 27 heavy (non-hydrogen) atoms. The van der Waals surface area contributed by atoms with E-state index in [1.807, 2.05) is 6.20 Å². The summed E-state index contributed by atoms with van der Waals surface area (Å²) in [4.78, 5) is 31.9. The summed E-state index contributed by atoms with van der Waals surface area (Å²) in [5.74, 6) is -0.620. The molecule has 1 saturated heterocycles. The van der Waals surface area contributed by atoms with Crippen LogP contribution in [0.5, 0.6) is 0 Å². The highest BCUT2D eigenvalue weighted by Gasteiger charge is 2.19. The summed E-state index contributed by atoms with van der Waals surface area (Å²) in [5, 5.41) is 6.45. The smallest absolute Gasteiger partial charge is 0.251 e. The zero-order valence-electron chi connectivity index (χ0n) is 15.2. The van der Waals surface area contributed by atoms with Crippen LogP contribution in [-0.2, 0) is 11.3 Å². The van der Waals surface area contributed by atoms with Gasteiger partial charge in [0.2, 0.25) is 5.91 Å². The fourth-order valence-electron chi connectivity index (χ4n) is 3.06. The van der Waals surface area contributed by atoms with Gasteiger partial charge in [0.05, 0.1) is 6.54 Å². The van der Waals surface area contributed by atoms with Crippen LogP contribution in [0.25, 0.3) is 0 Å². The van der Waals surface area contributed by atoms with Crippen molar-refractivity contribution >= 4 is 39.9 Å². The van der Waals surface area contributed by atoms with Gasteiger partial charge in [-0.2, -0.15) is 0 Å². The number of carbonyl (C=O) groups is 2. The molecule has 2 N–H and O–H groups in total. The SMILES string of the molecule is CC1CCCCN1Cc1cnc(NC(=O)CNC(=O)c2ccc(Cl)cc2)s1. The van der Waals surface area contributed by atoms with Crippen molar-refractivity contribution < 1.29 is 9.59 Å². The molecule has 0 saturated carbocycles. The summed E-state index contributed by atoms with van der Waals surface area (Å²) in [7, 11) is 0. The molecule has 8 heteroatoms. The van der Waals surface area contributed by atoms with E-state index in [1.165, 1.54) is 30.6 Å². The van der Waals surface area contributed by atoms with E-state index in [0.29, 0.717) is 21.8 Å². The molecule has 144 valence electrons. The summed E-state index contributed by atoms with van der Waals surface area (Å²) >= 11 is 7.28. The van der Waals surface area contributed by atoms with Crippen LogP contribution >= 0.6 is 22.9 Å². The van der Waals surface area contributed by atoms with Crippen LogP contribution in [-0.4, -0.2) is 40.8 Å². The van der Waals surface area contributed by atoms with Gasteiger partial charge in [0.1, 0.15) is 0 Å². The maximum absolute atomic E-state index is 12.1. The highest BCUT2D eigenvalue weighted by atomic mass is 35.5. The number of halogens is 1. The van der Waals surface area contributed by atoms with Crippen LogP contribution < -0.4 is 10.6 Å². The van der Waals surface area contributed by atoms with Crippen molar-refractivity contribution in [3.8, 4) is 0 Å². The van der Waals surface area contributed by atoms with Crippen LogP contribution in [0.4, 0.5) is 5.13 Å². The van der Waals surface area contributed by atoms with Crippen molar-refractivity contribution in [1.29, 1.82) is 0 Å². The van der Waals surface area contributed by atoms with Crippen LogP contribution in [0.15, 0.2) is 30.5 Å². The second kappa shape index (κ2) is 9.30. The number of carbonyl (C=O) groups excluding carboxylic acids is 2. The van der Waals surface area contributed by atoms with Crippen molar-refractivity contribution in [2.24, 2.45) is 0 Å². The Hall–Kier alpha value is -1.96. The number of benzene rings is 1. The van der Waals surface area contributed by atoms with Crippen LogP contribution in [0.2, 0.25) is 5.02 Å². The Morgan fingerprint density at radius 3 is 2.81 bits per heavy atom. The lowest BCUT2D eigenvalue weighted by Gasteiger charge is -2.32. The van der Waals surface area contributed by atoms with Crippen LogP contribution in [0.1, 0.15) is 41.4 Å². The van der Waals surface area contributed by atoms with Crippen molar-refractivity contribution in [1.82, 2.24) is 15.2 Å². The van der Waals surface area contributed by atoms with E-state index in [9.17, 15) is 9.59 Å². The first kappa shape index (κ1) is 19.8. The normalized spacial score (nSPS) is 17.5. The highest BCUT2D eigenvalue weighted by molar-refractivity contribution is 7.15. The first-order valence-corrected chi connectivity index (χ1v) is 10.2. The third-order valence-corrected chi connectivity index (χ3v) is 5.76. The average Bonchev–Trinajstić information content (AvgIpc) is 3.09. The molecule has 0 radical (unpaired) electrons. The molecule has 1 atom stereocenters. The Bertz CT molecular complexity index is 793. The summed E-state index contributed by atoms with van der Waals surface area (Å²) in [6.07, 6.45) is 5.58. The van der Waals surface area contributed by atoms with Gasteiger partial charge < -0.3 is 10.6 Å². The zero-order chi connectivity index (χ0) is 19.2. The Labute approximate surface area is 167 Å². The molecule has 2 amide bonds. The van der Waals surface area contributed by atoms with Gasteiger partial charge >= 0.3 is 0 Å². The molecule has 3 rings (SSSR count). The molecule has 0 spiro atoms. The number of aromatic nitrogens is 1. The zero-order valence-corrected chi connectivity index (χ0v) is 16.8. The minimum absolute atomic E-state index is 0.112. The second-order valence-electron chi connectivity index (χ2n) is 6.68. The van der Waals surface area contributed by atoms with Gasteiger partial charge in [0.15, 0.2) is 5.13 Å². The summed E-state index contributed by atoms with van der Waals surface area (Å²) in [6.45, 7) is 4.12. The van der Waals surface area contributed by atoms with Gasteiger partial charge in [-0.1, -0.05) is 18.0 Å². The maximum Gasteiger partial charge on any atom is 0.251 e. The van der Waals surface area contributed by atoms with Crippen molar-refractivity contribution in [2.45, 2.75) is 38.8 Å². The number of amides is 2. The summed E-state index contributed by atoms with van der Waals surface area (Å²) in [5.41, 5.74) is 0.458. The summed E-state index contributed by atoms with van der Waals surface area (Å²) in [6, 6.07) is 7.09. The van der Waals surface area contributed by atoms with Crippen LogP contribution in [0, 0.1) is 0 Å². The number of nitrogens with one attached hydrogen (secondary N) is 2. The Kier molecular flexibility index (Phi) is 6.82. The average molecular weight is 407 g/mol. The number of thiazole rings is 1. The number of rotatable bonds is 6. The molecular formula is C19H23ClN4O2S. The van der Waals surface area contributed by atoms with E-state index in [-0.39, 0.29) is 18.4 Å². The molecule has 6 nitrogen and oxygen atoms in total. The van der Waals surface area contributed by atoms with Gasteiger partial charge in [0.25, 0.3) is 5.91 Å². The van der Waals surface area contributed by atoms with Gasteiger partial charge in [0, 0.05) is 34.2 Å². The first-order valence-electron chi connectivity index (χ1n) is 9.03. The van der Waals surface area contributed by atoms with Crippen LogP contribution in [0.3, 0.4) is 0 Å². The fraction of sp³-hybridized carbons (Fsp3) is 0.421. The van der Waals surface area contributed by atoms with E-state index in [2.05, 4.69) is 27.4 Å². The van der Waals surface area contributed by atoms with E-state index in [4.69, 9.17) is 11.6 Å². The molecule has 1 unspecified atom stereocenters. The van der Waals surface area contributed by atoms with E-state index in [1.54, 1.807) is 24.3 Å². The van der Waals surface area contributed by atoms with Crippen molar-refractivity contribution in [3.63, 3.8) is 0 Å². The molecule has 2 aromatic rings. The number of nitrogens with zero attached hydrogens (tertiary/aromatic N) is 2. The predicted octanol–water partition coefficient (Wildman–Crippen LogP) is 3.54. The summed E-state index contributed by atoms with van der Waals surface area (Å²) < 4.78 is 0. The van der Waals surface area contributed by atoms with Crippen molar-refractivity contribution in [3.05, 3.63) is 45.9 Å². The number of likely N-dealkylation sites (tertiary alicyclic amines) is 1. The lowest BCUT2D eigenvalue weighted by molar-refractivity contribution is -0.115. The number of hydrogen-bond donors (Lipinski definition) is 2. The second-order valence-corrected chi connectivity index (χ2v) is 8.24. The molecular weight excluding hydrogens is 384 g/mol. The lowest BCUT2D eigenvalue weighted by Crippen LogP contribution is -2.36. The molecule has 2 heterocycles. The molecule has 1 fully saturated rings. The van der Waals surface area contributed by atoms with Gasteiger partial charge in [-0.15, -0.1) is 11.3 Å². The minimum atomic E-state index is -0.319. The number of piperidine rings is 1. The lowest BCUT2D eigenvalue weighted by atomic mass is 10.0. The Morgan fingerprint density at radius 2 is 2.07 bits per heavy atom. The molecule has 1 aromatic heterocycles. The number of hydrogen-bond acceptors (Lipinski definition) is 5. The van der Waals surface area contributed by atoms with Gasteiger partial charge in [-0.25, -0.2) is 4.98 Å². The molecule has 1 aromatic carbocycles. The van der Waals surface area contributed by atoms with E-state index < -0.39 is 0 Å². The van der Waals surface area contributed by atoms with Gasteiger partial charge in [-0.05, 0) is 50.6 Å². The molecule has 0 aliphatic carbocycles. The monoisotopic (exact) mass is 406 g/mol. The predicted molar refractivity (Wildman–Crippen MR) is 108 cm³/mol. The topological polar surface area (TPSA) is 74.3 Å². The third kappa shape index (κ3) is 5.76. The highest BCUT2D eigenvalue weighted by Crippen LogP contribution is 2.24. The van der Waals surface area contributed by atoms with E-state index in [0.717, 1.165) is 18.0 Å². The van der Waals surface area contributed by atoms with E-state index >= 15 is 0 Å². The molecule has 0 bridgehead atoms. The van der Waals surface area contributed by atoms with Crippen molar-refractivity contribution in [2.75, 3.05) is 18.4 Å². The quantitative estimate of drug-likeness (QED) is 0.769. The number of anilines is 1. The minimum Gasteiger partial charge on any atom is -0.343 e. The van der Waals surface area contributed by atoms with Gasteiger partial charge in [-0.3, -0.25) is 14.5 Å². The third-order valence-electron chi connectivity index (χ3n) is 4.62. The fourth-order valence-corrected chi connectivity index (χ4v) is 4.04. The Morgan fingerprint density at radius 1 is 1.30 bits per heavy atom. The Balaban J connectivity index is 1.46.